The van der Waals surface area contributed by atoms with Crippen molar-refractivity contribution in [2.75, 3.05) is 19.8 Å². The van der Waals surface area contributed by atoms with Crippen molar-refractivity contribution in [2.24, 2.45) is 0 Å². The summed E-state index contributed by atoms with van der Waals surface area (Å²) in [6.45, 7) is 2.86. The Balaban J connectivity index is 1.60. The van der Waals surface area contributed by atoms with Crippen LogP contribution in [0.3, 0.4) is 0 Å². The second-order valence-corrected chi connectivity index (χ2v) is 30.0. The number of hydrogen-bond acceptors (Lipinski definition) is 13. The van der Waals surface area contributed by atoms with Crippen LogP contribution in [0.4, 0.5) is 0 Å². The summed E-state index contributed by atoms with van der Waals surface area (Å²) in [5, 5.41) is 87.7. The molecular formula is C83H159NO13. The van der Waals surface area contributed by atoms with Crippen LogP contribution in [0.1, 0.15) is 406 Å². The maximum Gasteiger partial charge on any atom is 0.220 e. The van der Waals surface area contributed by atoms with Crippen LogP contribution < -0.4 is 5.32 Å². The first kappa shape index (κ1) is 91.6. The molecule has 0 aromatic carbocycles. The van der Waals surface area contributed by atoms with E-state index in [0.717, 1.165) is 32.1 Å². The number of nitrogens with one attached hydrogen (secondary N) is 1. The third-order valence-electron chi connectivity index (χ3n) is 20.9. The highest BCUT2D eigenvalue weighted by molar-refractivity contribution is 5.76. The second-order valence-electron chi connectivity index (χ2n) is 30.0. The summed E-state index contributed by atoms with van der Waals surface area (Å²) in [6.07, 6.45) is 71.4. The Labute approximate surface area is 596 Å². The lowest BCUT2D eigenvalue weighted by atomic mass is 9.97. The van der Waals surface area contributed by atoms with E-state index in [2.05, 4.69) is 31.3 Å². The molecular weight excluding hydrogens is 1220 g/mol. The molecule has 0 aromatic heterocycles. The summed E-state index contributed by atoms with van der Waals surface area (Å²) >= 11 is 0. The van der Waals surface area contributed by atoms with E-state index in [4.69, 9.17) is 18.9 Å². The minimum Gasteiger partial charge on any atom is -0.394 e. The third kappa shape index (κ3) is 50.5. The quantitative estimate of drug-likeness (QED) is 0.0204. The van der Waals surface area contributed by atoms with Gasteiger partial charge >= 0.3 is 0 Å². The number of aliphatic hydroxyl groups excluding tert-OH is 8. The topological polar surface area (TPSA) is 228 Å². The molecule has 12 atom stereocenters. The Kier molecular flexibility index (Phi) is 63.8. The van der Waals surface area contributed by atoms with Crippen LogP contribution in [-0.4, -0.2) is 140 Å². The average Bonchev–Trinajstić information content (AvgIpc) is 0.793. The number of ether oxygens (including phenoxy) is 4. The molecule has 2 aliphatic rings. The van der Waals surface area contributed by atoms with Crippen molar-refractivity contribution in [2.45, 2.75) is 479 Å². The van der Waals surface area contributed by atoms with Crippen LogP contribution >= 0.6 is 0 Å². The number of amides is 1. The SMILES string of the molecule is CCCCCCCCCCCCCCCCCCCCCCCCCC/C=C/CC/C=C/C(O)C(COC1OC(CO)C(OC2OC(CO)C(O)C(O)C2O)C(O)C1O)NC(=O)CCCCCCCCCCCCCCCCCCCCCCCCCCCCCCCCCCC. The van der Waals surface area contributed by atoms with Gasteiger partial charge in [0, 0.05) is 6.42 Å². The lowest BCUT2D eigenvalue weighted by Crippen LogP contribution is -2.65. The lowest BCUT2D eigenvalue weighted by molar-refractivity contribution is -0.359. The standard InChI is InChI=1S/C83H159NO13/c1-3-5-7-9-11-13-15-17-19-21-23-25-27-29-31-33-35-36-37-39-41-43-45-47-49-51-53-55-57-59-61-63-65-67-75(88)84-71(70-94-82-80(93)78(91)81(74(69-86)96-82)97-83-79(92)77(90)76(89)73(68-85)95-83)72(87)66-64-62-60-58-56-54-52-50-48-46-44-42-40-38-34-32-30-28-26-24-22-20-18-16-14-12-10-8-6-4-2/h56,58,64,66,71-74,76-83,85-87,89-93H,3-55,57,59-63,65,67-70H2,1-2H3,(H,84,88)/b58-56+,66-64+. The average molecular weight is 1380 g/mol. The van der Waals surface area contributed by atoms with E-state index in [9.17, 15) is 45.6 Å². The fourth-order valence-electron chi connectivity index (χ4n) is 14.3. The van der Waals surface area contributed by atoms with Gasteiger partial charge < -0.3 is 65.1 Å². The first-order valence-corrected chi connectivity index (χ1v) is 42.1. The molecule has 12 unspecified atom stereocenters. The predicted octanol–water partition coefficient (Wildman–Crippen LogP) is 19.4. The van der Waals surface area contributed by atoms with Gasteiger partial charge in [0.15, 0.2) is 12.6 Å². The van der Waals surface area contributed by atoms with Crippen molar-refractivity contribution in [3.8, 4) is 0 Å². The lowest BCUT2D eigenvalue weighted by Gasteiger charge is -2.46. The molecule has 14 heteroatoms. The maximum atomic E-state index is 13.4. The Morgan fingerprint density at radius 2 is 0.660 bits per heavy atom. The fraction of sp³-hybridized carbons (Fsp3) is 0.940. The minimum atomic E-state index is -1.79. The molecule has 97 heavy (non-hydrogen) atoms. The Bertz CT molecular complexity index is 1720. The van der Waals surface area contributed by atoms with Gasteiger partial charge in [0.25, 0.3) is 0 Å². The molecule has 1 amide bonds. The zero-order chi connectivity index (χ0) is 70.1. The van der Waals surface area contributed by atoms with E-state index in [1.807, 2.05) is 6.08 Å². The van der Waals surface area contributed by atoms with Crippen LogP contribution in [-0.2, 0) is 23.7 Å². The molecule has 0 aromatic rings. The fourth-order valence-corrected chi connectivity index (χ4v) is 14.3. The highest BCUT2D eigenvalue weighted by Gasteiger charge is 2.51. The van der Waals surface area contributed by atoms with Crippen molar-refractivity contribution in [3.63, 3.8) is 0 Å². The molecule has 2 aliphatic heterocycles. The zero-order valence-corrected chi connectivity index (χ0v) is 63.1. The van der Waals surface area contributed by atoms with Gasteiger partial charge in [-0.2, -0.15) is 0 Å². The van der Waals surface area contributed by atoms with Crippen LogP contribution in [0, 0.1) is 0 Å². The first-order valence-electron chi connectivity index (χ1n) is 42.1. The predicted molar refractivity (Wildman–Crippen MR) is 402 cm³/mol. The van der Waals surface area contributed by atoms with E-state index in [1.165, 1.54) is 340 Å². The van der Waals surface area contributed by atoms with E-state index in [1.54, 1.807) is 6.08 Å². The molecule has 0 radical (unpaired) electrons. The molecule has 0 saturated carbocycles. The number of aliphatic hydroxyl groups is 8. The highest BCUT2D eigenvalue weighted by Crippen LogP contribution is 2.30. The first-order chi connectivity index (χ1) is 47.6. The van der Waals surface area contributed by atoms with Crippen molar-refractivity contribution in [1.29, 1.82) is 0 Å². The highest BCUT2D eigenvalue weighted by atomic mass is 16.7. The number of allylic oxidation sites excluding steroid dienone is 3. The number of unbranched alkanes of at least 4 members (excludes halogenated alkanes) is 57. The largest absolute Gasteiger partial charge is 0.394 e. The summed E-state index contributed by atoms with van der Waals surface area (Å²) < 4.78 is 22.9. The zero-order valence-electron chi connectivity index (χ0n) is 63.1. The number of rotatable bonds is 72. The smallest absolute Gasteiger partial charge is 0.220 e. The Morgan fingerprint density at radius 3 is 1.01 bits per heavy atom. The summed E-state index contributed by atoms with van der Waals surface area (Å²) in [5.74, 6) is -0.239. The van der Waals surface area contributed by atoms with Crippen LogP contribution in [0.2, 0.25) is 0 Å². The van der Waals surface area contributed by atoms with Crippen molar-refractivity contribution in [1.82, 2.24) is 5.32 Å². The minimum absolute atomic E-state index is 0.239. The number of carbonyl (C=O) groups is 1. The molecule has 574 valence electrons. The molecule has 2 heterocycles. The normalized spacial score (nSPS) is 22.2. The number of carbonyl (C=O) groups excluding carboxylic acids is 1. The second kappa shape index (κ2) is 67.6. The molecule has 0 aliphatic carbocycles. The van der Waals surface area contributed by atoms with Crippen LogP contribution in [0.25, 0.3) is 0 Å². The van der Waals surface area contributed by atoms with E-state index in [0.29, 0.717) is 12.8 Å². The molecule has 9 N–H and O–H groups in total. The maximum absolute atomic E-state index is 13.4. The molecule has 2 fully saturated rings. The van der Waals surface area contributed by atoms with Gasteiger partial charge in [-0.1, -0.05) is 391 Å². The molecule has 14 nitrogen and oxygen atoms in total. The Hall–Kier alpha value is -1.53. The van der Waals surface area contributed by atoms with Gasteiger partial charge in [0.1, 0.15) is 48.8 Å². The van der Waals surface area contributed by atoms with Gasteiger partial charge in [-0.15, -0.1) is 0 Å². The summed E-state index contributed by atoms with van der Waals surface area (Å²) in [7, 11) is 0. The van der Waals surface area contributed by atoms with E-state index in [-0.39, 0.29) is 18.9 Å². The van der Waals surface area contributed by atoms with Gasteiger partial charge in [-0.25, -0.2) is 0 Å². The third-order valence-corrected chi connectivity index (χ3v) is 20.9. The molecule has 0 bridgehead atoms. The summed E-state index contributed by atoms with van der Waals surface area (Å²) in [4.78, 5) is 13.4. The van der Waals surface area contributed by atoms with E-state index >= 15 is 0 Å². The van der Waals surface area contributed by atoms with Gasteiger partial charge in [0.2, 0.25) is 5.91 Å². The molecule has 2 saturated heterocycles. The van der Waals surface area contributed by atoms with Crippen LogP contribution in [0.5, 0.6) is 0 Å². The van der Waals surface area contributed by atoms with Crippen LogP contribution in [0.15, 0.2) is 24.3 Å². The van der Waals surface area contributed by atoms with E-state index < -0.39 is 86.8 Å². The Morgan fingerprint density at radius 1 is 0.361 bits per heavy atom. The summed E-state index contributed by atoms with van der Waals surface area (Å²) in [6, 6.07) is -0.931. The molecule has 2 rings (SSSR count). The van der Waals surface area contributed by atoms with Gasteiger partial charge in [0.05, 0.1) is 32.0 Å². The van der Waals surface area contributed by atoms with Crippen molar-refractivity contribution in [3.05, 3.63) is 24.3 Å². The monoisotopic (exact) mass is 1380 g/mol. The summed E-state index contributed by atoms with van der Waals surface area (Å²) in [5.41, 5.74) is 0. The van der Waals surface area contributed by atoms with Crippen molar-refractivity contribution >= 4 is 5.91 Å². The van der Waals surface area contributed by atoms with Gasteiger partial charge in [-0.05, 0) is 32.1 Å². The number of hydrogen-bond donors (Lipinski definition) is 9. The molecule has 0 spiro atoms. The van der Waals surface area contributed by atoms with Gasteiger partial charge in [-0.3, -0.25) is 4.79 Å². The van der Waals surface area contributed by atoms with Crippen molar-refractivity contribution < 1.29 is 64.6 Å².